The highest BCUT2D eigenvalue weighted by Gasteiger charge is 2.26. The summed E-state index contributed by atoms with van der Waals surface area (Å²) in [6.07, 6.45) is 3.54. The smallest absolute Gasteiger partial charge is 0.225 e. The van der Waals surface area contributed by atoms with E-state index in [2.05, 4.69) is 29.5 Å². The molecule has 1 unspecified atom stereocenters. The maximum atomic E-state index is 13.4. The van der Waals surface area contributed by atoms with Gasteiger partial charge in [0, 0.05) is 38.6 Å². The molecule has 0 bridgehead atoms. The van der Waals surface area contributed by atoms with E-state index in [-0.39, 0.29) is 47.8 Å². The van der Waals surface area contributed by atoms with Gasteiger partial charge in [0.15, 0.2) is 17.6 Å². The molecule has 8 heteroatoms. The van der Waals surface area contributed by atoms with Gasteiger partial charge in [-0.05, 0) is 49.3 Å². The fourth-order valence-corrected chi connectivity index (χ4v) is 3.71. The Kier molecular flexibility index (Phi) is 11.6. The third kappa shape index (κ3) is 7.35. The van der Waals surface area contributed by atoms with Crippen LogP contribution in [0.25, 0.3) is 0 Å². The SMILES string of the molecule is CCC(CC)C(=O)N1CCC(NC(=NC)NCC(C)c2ccc(F)c(F)c2)CC1.I. The van der Waals surface area contributed by atoms with Crippen molar-refractivity contribution in [1.29, 1.82) is 0 Å². The summed E-state index contributed by atoms with van der Waals surface area (Å²) in [6, 6.07) is 4.26. The molecule has 1 aromatic carbocycles. The Morgan fingerprint density at radius 2 is 1.83 bits per heavy atom. The summed E-state index contributed by atoms with van der Waals surface area (Å²) in [6.45, 7) is 8.16. The van der Waals surface area contributed by atoms with Gasteiger partial charge in [-0.25, -0.2) is 8.78 Å². The number of likely N-dealkylation sites (tertiary alicyclic amines) is 1. The van der Waals surface area contributed by atoms with Crippen molar-refractivity contribution >= 4 is 35.8 Å². The molecule has 0 aliphatic carbocycles. The molecule has 170 valence electrons. The van der Waals surface area contributed by atoms with Crippen LogP contribution in [0.4, 0.5) is 8.78 Å². The highest BCUT2D eigenvalue weighted by molar-refractivity contribution is 14.0. The molecule has 1 saturated heterocycles. The van der Waals surface area contributed by atoms with Gasteiger partial charge < -0.3 is 15.5 Å². The molecule has 30 heavy (non-hydrogen) atoms. The average molecular weight is 536 g/mol. The van der Waals surface area contributed by atoms with E-state index in [1.807, 2.05) is 11.8 Å². The largest absolute Gasteiger partial charge is 0.356 e. The van der Waals surface area contributed by atoms with Crippen molar-refractivity contribution < 1.29 is 13.6 Å². The first-order valence-corrected chi connectivity index (χ1v) is 10.6. The number of carbonyl (C=O) groups is 1. The van der Waals surface area contributed by atoms with Crippen LogP contribution in [-0.2, 0) is 4.79 Å². The van der Waals surface area contributed by atoms with Crippen LogP contribution in [0.2, 0.25) is 0 Å². The molecule has 5 nitrogen and oxygen atoms in total. The molecule has 0 spiro atoms. The summed E-state index contributed by atoms with van der Waals surface area (Å²) in [7, 11) is 1.71. The van der Waals surface area contributed by atoms with E-state index >= 15 is 0 Å². The first kappa shape index (κ1) is 26.6. The van der Waals surface area contributed by atoms with E-state index < -0.39 is 11.6 Å². The van der Waals surface area contributed by atoms with Gasteiger partial charge >= 0.3 is 0 Å². The minimum absolute atomic E-state index is 0. The number of nitrogens with zero attached hydrogens (tertiary/aromatic N) is 2. The Hall–Kier alpha value is -1.45. The predicted molar refractivity (Wildman–Crippen MR) is 128 cm³/mol. The number of guanidine groups is 1. The van der Waals surface area contributed by atoms with E-state index in [4.69, 9.17) is 0 Å². The quantitative estimate of drug-likeness (QED) is 0.311. The van der Waals surface area contributed by atoms with Gasteiger partial charge in [-0.2, -0.15) is 0 Å². The van der Waals surface area contributed by atoms with Crippen LogP contribution in [0, 0.1) is 17.6 Å². The molecule has 1 fully saturated rings. The van der Waals surface area contributed by atoms with Crippen molar-refractivity contribution in [2.24, 2.45) is 10.9 Å². The van der Waals surface area contributed by atoms with Crippen molar-refractivity contribution in [3.8, 4) is 0 Å². The van der Waals surface area contributed by atoms with E-state index in [1.165, 1.54) is 6.07 Å². The van der Waals surface area contributed by atoms with Crippen molar-refractivity contribution in [3.05, 3.63) is 35.4 Å². The minimum Gasteiger partial charge on any atom is -0.356 e. The second-order valence-corrected chi connectivity index (χ2v) is 7.79. The fraction of sp³-hybridized carbons (Fsp3) is 0.636. The Labute approximate surface area is 196 Å². The summed E-state index contributed by atoms with van der Waals surface area (Å²) in [5.74, 6) is -0.567. The van der Waals surface area contributed by atoms with Crippen molar-refractivity contribution in [3.63, 3.8) is 0 Å². The molecule has 1 aromatic rings. The summed E-state index contributed by atoms with van der Waals surface area (Å²) < 4.78 is 26.5. The topological polar surface area (TPSA) is 56.7 Å². The normalized spacial score (nSPS) is 16.2. The molecule has 0 aromatic heterocycles. The average Bonchev–Trinajstić information content (AvgIpc) is 2.74. The molecule has 1 aliphatic rings. The Morgan fingerprint density at radius 3 is 2.37 bits per heavy atom. The third-order valence-electron chi connectivity index (χ3n) is 5.79. The van der Waals surface area contributed by atoms with Gasteiger partial charge in [-0.1, -0.05) is 26.8 Å². The monoisotopic (exact) mass is 536 g/mol. The first-order chi connectivity index (χ1) is 13.9. The second kappa shape index (κ2) is 13.1. The molecule has 1 amide bonds. The van der Waals surface area contributed by atoms with E-state index in [0.717, 1.165) is 50.4 Å². The minimum atomic E-state index is -0.833. The molecule has 1 heterocycles. The molecule has 1 atom stereocenters. The van der Waals surface area contributed by atoms with E-state index in [1.54, 1.807) is 13.1 Å². The van der Waals surface area contributed by atoms with Gasteiger partial charge in [0.05, 0.1) is 0 Å². The summed E-state index contributed by atoms with van der Waals surface area (Å²) in [5.41, 5.74) is 0.736. The van der Waals surface area contributed by atoms with Gasteiger partial charge in [0.25, 0.3) is 0 Å². The van der Waals surface area contributed by atoms with Crippen LogP contribution < -0.4 is 10.6 Å². The third-order valence-corrected chi connectivity index (χ3v) is 5.79. The molecule has 2 rings (SSSR count). The van der Waals surface area contributed by atoms with Gasteiger partial charge in [-0.3, -0.25) is 9.79 Å². The molecule has 2 N–H and O–H groups in total. The summed E-state index contributed by atoms with van der Waals surface area (Å²) in [5, 5.41) is 6.68. The fourth-order valence-electron chi connectivity index (χ4n) is 3.71. The zero-order valence-corrected chi connectivity index (χ0v) is 20.7. The van der Waals surface area contributed by atoms with Crippen molar-refractivity contribution in [2.75, 3.05) is 26.7 Å². The van der Waals surface area contributed by atoms with Gasteiger partial charge in [-0.15, -0.1) is 24.0 Å². The zero-order valence-electron chi connectivity index (χ0n) is 18.4. The van der Waals surface area contributed by atoms with Crippen LogP contribution in [0.1, 0.15) is 57.9 Å². The standard InChI is InChI=1S/C22H34F2N4O.HI/c1-5-16(6-2)21(29)28-11-9-18(10-12-28)27-22(25-4)26-14-15(3)17-7-8-19(23)20(24)13-17;/h7-8,13,15-16,18H,5-6,9-12,14H2,1-4H3,(H2,25,26,27);1H. The first-order valence-electron chi connectivity index (χ1n) is 10.6. The lowest BCUT2D eigenvalue weighted by atomic mass is 9.98. The second-order valence-electron chi connectivity index (χ2n) is 7.79. The Bertz CT molecular complexity index is 704. The maximum absolute atomic E-state index is 13.4. The molecule has 1 aliphatic heterocycles. The molecular formula is C22H35F2IN4O. The van der Waals surface area contributed by atoms with Crippen molar-refractivity contribution in [2.45, 2.75) is 58.4 Å². The Balaban J connectivity index is 0.00000450. The number of hydrogen-bond donors (Lipinski definition) is 2. The lowest BCUT2D eigenvalue weighted by molar-refractivity contribution is -0.136. The lowest BCUT2D eigenvalue weighted by Gasteiger charge is -2.35. The van der Waals surface area contributed by atoms with Crippen LogP contribution in [0.3, 0.4) is 0 Å². The number of amides is 1. The number of benzene rings is 1. The number of carbonyl (C=O) groups excluding carboxylic acids is 1. The number of aliphatic imine (C=N–C) groups is 1. The number of hydrogen-bond acceptors (Lipinski definition) is 2. The highest BCUT2D eigenvalue weighted by Crippen LogP contribution is 2.18. The summed E-state index contributed by atoms with van der Waals surface area (Å²) >= 11 is 0. The van der Waals surface area contributed by atoms with Crippen LogP contribution in [-0.4, -0.2) is 49.5 Å². The number of rotatable bonds is 7. The highest BCUT2D eigenvalue weighted by atomic mass is 127. The van der Waals surface area contributed by atoms with E-state index in [9.17, 15) is 13.6 Å². The predicted octanol–water partition coefficient (Wildman–Crippen LogP) is 4.28. The van der Waals surface area contributed by atoms with Crippen LogP contribution in [0.15, 0.2) is 23.2 Å². The van der Waals surface area contributed by atoms with Crippen LogP contribution in [0.5, 0.6) is 0 Å². The van der Waals surface area contributed by atoms with Crippen LogP contribution >= 0.6 is 24.0 Å². The number of halogens is 3. The van der Waals surface area contributed by atoms with Crippen molar-refractivity contribution in [1.82, 2.24) is 15.5 Å². The lowest BCUT2D eigenvalue weighted by Crippen LogP contribution is -2.51. The zero-order chi connectivity index (χ0) is 21.4. The Morgan fingerprint density at radius 1 is 1.20 bits per heavy atom. The van der Waals surface area contributed by atoms with Gasteiger partial charge in [0.2, 0.25) is 5.91 Å². The van der Waals surface area contributed by atoms with Gasteiger partial charge in [0.1, 0.15) is 0 Å². The maximum Gasteiger partial charge on any atom is 0.225 e. The summed E-state index contributed by atoms with van der Waals surface area (Å²) in [4.78, 5) is 18.8. The number of nitrogens with one attached hydrogen (secondary N) is 2. The van der Waals surface area contributed by atoms with E-state index in [0.29, 0.717) is 12.5 Å². The molecule has 0 saturated carbocycles. The number of piperidine rings is 1. The molecular weight excluding hydrogens is 501 g/mol. The molecule has 0 radical (unpaired) electrons.